The molecule has 1 fully saturated rings. The molecule has 25 heavy (non-hydrogen) atoms. The predicted octanol–water partition coefficient (Wildman–Crippen LogP) is 4.07. The molecule has 0 unspecified atom stereocenters. The van der Waals surface area contributed by atoms with Crippen molar-refractivity contribution in [3.05, 3.63) is 51.4 Å². The number of nitrogens with zero attached hydrogens (tertiary/aromatic N) is 1. The van der Waals surface area contributed by atoms with Crippen molar-refractivity contribution in [3.8, 4) is 5.75 Å². The molecule has 0 radical (unpaired) electrons. The third-order valence-electron chi connectivity index (χ3n) is 3.77. The summed E-state index contributed by atoms with van der Waals surface area (Å²) in [4.78, 5) is 14.3. The first-order valence-electron chi connectivity index (χ1n) is 7.92. The van der Waals surface area contributed by atoms with Crippen LogP contribution < -0.4 is 15.0 Å². The van der Waals surface area contributed by atoms with Crippen LogP contribution in [0.2, 0.25) is 0 Å². The van der Waals surface area contributed by atoms with Gasteiger partial charge in [-0.05, 0) is 58.4 Å². The number of rotatable bonds is 5. The Morgan fingerprint density at radius 1 is 1.12 bits per heavy atom. The van der Waals surface area contributed by atoms with Gasteiger partial charge in [0.05, 0.1) is 18.9 Å². The van der Waals surface area contributed by atoms with E-state index in [1.165, 1.54) is 0 Å². The van der Waals surface area contributed by atoms with Gasteiger partial charge in [-0.25, -0.2) is 0 Å². The number of amides is 1. The highest BCUT2D eigenvalue weighted by molar-refractivity contribution is 9.10. The lowest BCUT2D eigenvalue weighted by Gasteiger charge is -2.29. The van der Waals surface area contributed by atoms with E-state index in [-0.39, 0.29) is 12.5 Å². The molecule has 1 aliphatic rings. The van der Waals surface area contributed by atoms with Gasteiger partial charge in [0.1, 0.15) is 5.75 Å². The molecule has 0 saturated carbocycles. The Bertz CT molecular complexity index is 732. The van der Waals surface area contributed by atoms with Crippen molar-refractivity contribution in [3.63, 3.8) is 0 Å². The molecular formula is C18H18Br2N2O3. The van der Waals surface area contributed by atoms with Crippen LogP contribution in [0.1, 0.15) is 0 Å². The number of halogens is 2. The third kappa shape index (κ3) is 5.20. The molecule has 0 bridgehead atoms. The lowest BCUT2D eigenvalue weighted by Crippen LogP contribution is -2.36. The number of hydrogen-bond acceptors (Lipinski definition) is 4. The minimum Gasteiger partial charge on any atom is -0.484 e. The Labute approximate surface area is 163 Å². The van der Waals surface area contributed by atoms with Gasteiger partial charge in [0.2, 0.25) is 0 Å². The monoisotopic (exact) mass is 468 g/mol. The van der Waals surface area contributed by atoms with Gasteiger partial charge in [-0.3, -0.25) is 4.79 Å². The molecule has 3 rings (SSSR count). The van der Waals surface area contributed by atoms with Crippen molar-refractivity contribution in [2.45, 2.75) is 0 Å². The second-order valence-electron chi connectivity index (χ2n) is 5.56. The lowest BCUT2D eigenvalue weighted by molar-refractivity contribution is -0.118. The molecule has 0 aromatic heterocycles. The fourth-order valence-corrected chi connectivity index (χ4v) is 3.42. The Hall–Kier alpha value is -1.57. The molecule has 2 aromatic rings. The molecule has 1 saturated heterocycles. The largest absolute Gasteiger partial charge is 0.484 e. The summed E-state index contributed by atoms with van der Waals surface area (Å²) in [5.41, 5.74) is 1.83. The van der Waals surface area contributed by atoms with Crippen LogP contribution in [0.15, 0.2) is 51.4 Å². The summed E-state index contributed by atoms with van der Waals surface area (Å²) in [5.74, 6) is 0.455. The molecule has 1 aliphatic heterocycles. The average Bonchev–Trinajstić information content (AvgIpc) is 2.62. The molecular weight excluding hydrogens is 452 g/mol. The zero-order chi connectivity index (χ0) is 17.6. The van der Waals surface area contributed by atoms with Crippen molar-refractivity contribution in [1.82, 2.24) is 0 Å². The van der Waals surface area contributed by atoms with Crippen LogP contribution in [0, 0.1) is 0 Å². The third-order valence-corrected chi connectivity index (χ3v) is 4.93. The van der Waals surface area contributed by atoms with Crippen LogP contribution in [0.25, 0.3) is 0 Å². The van der Waals surface area contributed by atoms with Crippen LogP contribution in [-0.4, -0.2) is 38.8 Å². The quantitative estimate of drug-likeness (QED) is 0.717. The maximum absolute atomic E-state index is 12.1. The van der Waals surface area contributed by atoms with Crippen LogP contribution in [0.3, 0.4) is 0 Å². The second-order valence-corrected chi connectivity index (χ2v) is 7.33. The van der Waals surface area contributed by atoms with E-state index in [0.717, 1.165) is 46.6 Å². The zero-order valence-electron chi connectivity index (χ0n) is 13.5. The minimum atomic E-state index is -0.200. The van der Waals surface area contributed by atoms with E-state index in [9.17, 15) is 4.79 Å². The van der Waals surface area contributed by atoms with Crippen LogP contribution in [-0.2, 0) is 9.53 Å². The van der Waals surface area contributed by atoms with E-state index in [2.05, 4.69) is 42.1 Å². The first-order valence-corrected chi connectivity index (χ1v) is 9.51. The predicted molar refractivity (Wildman–Crippen MR) is 105 cm³/mol. The Morgan fingerprint density at radius 3 is 2.52 bits per heavy atom. The van der Waals surface area contributed by atoms with Gasteiger partial charge in [-0.15, -0.1) is 0 Å². The summed E-state index contributed by atoms with van der Waals surface area (Å²) >= 11 is 6.95. The van der Waals surface area contributed by atoms with Gasteiger partial charge >= 0.3 is 0 Å². The zero-order valence-corrected chi connectivity index (χ0v) is 16.7. The summed E-state index contributed by atoms with van der Waals surface area (Å²) in [6.07, 6.45) is 0. The number of carbonyl (C=O) groups is 1. The van der Waals surface area contributed by atoms with Crippen molar-refractivity contribution in [2.24, 2.45) is 0 Å². The maximum Gasteiger partial charge on any atom is 0.262 e. The number of benzene rings is 2. The van der Waals surface area contributed by atoms with E-state index in [0.29, 0.717) is 5.75 Å². The molecule has 1 N–H and O–H groups in total. The molecule has 1 amide bonds. The van der Waals surface area contributed by atoms with Gasteiger partial charge in [0.15, 0.2) is 6.61 Å². The summed E-state index contributed by atoms with van der Waals surface area (Å²) in [7, 11) is 0. The Morgan fingerprint density at radius 2 is 1.84 bits per heavy atom. The number of anilines is 2. The molecule has 5 nitrogen and oxygen atoms in total. The van der Waals surface area contributed by atoms with Crippen molar-refractivity contribution < 1.29 is 14.3 Å². The fourth-order valence-electron chi connectivity index (χ4n) is 2.52. The van der Waals surface area contributed by atoms with E-state index in [4.69, 9.17) is 9.47 Å². The lowest BCUT2D eigenvalue weighted by atomic mass is 10.2. The SMILES string of the molecule is O=C(COc1ccc(Br)cc1)Nc1ccc(N2CCOCC2)c(Br)c1. The maximum atomic E-state index is 12.1. The molecule has 1 heterocycles. The van der Waals surface area contributed by atoms with Crippen molar-refractivity contribution in [1.29, 1.82) is 0 Å². The van der Waals surface area contributed by atoms with Gasteiger partial charge < -0.3 is 19.7 Å². The normalized spacial score (nSPS) is 14.2. The van der Waals surface area contributed by atoms with Gasteiger partial charge in [0, 0.05) is 27.7 Å². The fraction of sp³-hybridized carbons (Fsp3) is 0.278. The second kappa shape index (κ2) is 8.69. The number of ether oxygens (including phenoxy) is 2. The standard InChI is InChI=1S/C18H18Br2N2O3/c19-13-1-4-15(5-2-13)25-12-18(23)21-14-3-6-17(16(20)11-14)22-7-9-24-10-8-22/h1-6,11H,7-10,12H2,(H,21,23). The van der Waals surface area contributed by atoms with Crippen LogP contribution in [0.5, 0.6) is 5.75 Å². The summed E-state index contributed by atoms with van der Waals surface area (Å²) in [6, 6.07) is 13.2. The molecule has 0 atom stereocenters. The van der Waals surface area contributed by atoms with Crippen LogP contribution in [0.4, 0.5) is 11.4 Å². The first-order chi connectivity index (χ1) is 12.1. The van der Waals surface area contributed by atoms with E-state index in [1.807, 2.05) is 42.5 Å². The molecule has 0 spiro atoms. The highest BCUT2D eigenvalue weighted by Gasteiger charge is 2.14. The molecule has 2 aromatic carbocycles. The number of hydrogen-bond donors (Lipinski definition) is 1. The smallest absolute Gasteiger partial charge is 0.262 e. The minimum absolute atomic E-state index is 0.0372. The summed E-state index contributed by atoms with van der Waals surface area (Å²) in [6.45, 7) is 3.16. The topological polar surface area (TPSA) is 50.8 Å². The Kier molecular flexibility index (Phi) is 6.34. The Balaban J connectivity index is 1.55. The average molecular weight is 470 g/mol. The number of morpholine rings is 1. The van der Waals surface area contributed by atoms with Gasteiger partial charge in [-0.2, -0.15) is 0 Å². The number of nitrogens with one attached hydrogen (secondary N) is 1. The molecule has 132 valence electrons. The van der Waals surface area contributed by atoms with E-state index >= 15 is 0 Å². The van der Waals surface area contributed by atoms with Crippen molar-refractivity contribution >= 4 is 49.1 Å². The van der Waals surface area contributed by atoms with Gasteiger partial charge in [0.25, 0.3) is 5.91 Å². The first kappa shape index (κ1) is 18.2. The van der Waals surface area contributed by atoms with Crippen molar-refractivity contribution in [2.75, 3.05) is 43.1 Å². The summed E-state index contributed by atoms with van der Waals surface area (Å²) in [5, 5.41) is 2.85. The van der Waals surface area contributed by atoms with E-state index in [1.54, 1.807) is 0 Å². The van der Waals surface area contributed by atoms with Crippen LogP contribution >= 0.6 is 31.9 Å². The van der Waals surface area contributed by atoms with Gasteiger partial charge in [-0.1, -0.05) is 15.9 Å². The highest BCUT2D eigenvalue weighted by Crippen LogP contribution is 2.29. The summed E-state index contributed by atoms with van der Waals surface area (Å²) < 4.78 is 12.8. The molecule has 0 aliphatic carbocycles. The molecule has 7 heteroatoms. The highest BCUT2D eigenvalue weighted by atomic mass is 79.9. The number of carbonyl (C=O) groups excluding carboxylic acids is 1. The van der Waals surface area contributed by atoms with E-state index < -0.39 is 0 Å².